The van der Waals surface area contributed by atoms with Gasteiger partial charge in [0.05, 0.1) is 0 Å². The standard InChI is InChI=1S/C17H21BrN4O/c1-11(2)8-9-19-17(23)15-10-16(21-12(3)20-15)22-14-6-4-13(18)5-7-14/h4-7,10-11H,8-9H2,1-3H3,(H,19,23)(H,20,21,22). The number of amides is 1. The number of hydrogen-bond acceptors (Lipinski definition) is 4. The number of carbonyl (C=O) groups excluding carboxylic acids is 1. The van der Waals surface area contributed by atoms with Crippen LogP contribution in [0.25, 0.3) is 0 Å². The Bertz CT molecular complexity index is 671. The fourth-order valence-electron chi connectivity index (χ4n) is 1.99. The maximum Gasteiger partial charge on any atom is 0.270 e. The summed E-state index contributed by atoms with van der Waals surface area (Å²) >= 11 is 3.40. The maximum atomic E-state index is 12.2. The molecule has 0 aliphatic carbocycles. The number of hydrogen-bond donors (Lipinski definition) is 2. The third kappa shape index (κ3) is 5.63. The van der Waals surface area contributed by atoms with Gasteiger partial charge in [-0.1, -0.05) is 29.8 Å². The summed E-state index contributed by atoms with van der Waals surface area (Å²) in [4.78, 5) is 20.7. The molecule has 1 heterocycles. The van der Waals surface area contributed by atoms with E-state index >= 15 is 0 Å². The number of aromatic nitrogens is 2. The molecule has 0 fully saturated rings. The Morgan fingerprint density at radius 3 is 2.57 bits per heavy atom. The van der Waals surface area contributed by atoms with E-state index in [1.807, 2.05) is 24.3 Å². The summed E-state index contributed by atoms with van der Waals surface area (Å²) in [6.07, 6.45) is 0.944. The van der Waals surface area contributed by atoms with Gasteiger partial charge in [-0.15, -0.1) is 0 Å². The number of anilines is 2. The molecule has 5 nitrogen and oxygen atoms in total. The SMILES string of the molecule is Cc1nc(Nc2ccc(Br)cc2)cc(C(=O)NCCC(C)C)n1. The highest BCUT2D eigenvalue weighted by Crippen LogP contribution is 2.18. The number of benzene rings is 1. The molecule has 23 heavy (non-hydrogen) atoms. The van der Waals surface area contributed by atoms with E-state index in [-0.39, 0.29) is 5.91 Å². The zero-order chi connectivity index (χ0) is 16.8. The summed E-state index contributed by atoms with van der Waals surface area (Å²) in [7, 11) is 0. The zero-order valence-electron chi connectivity index (χ0n) is 13.6. The first kappa shape index (κ1) is 17.4. The van der Waals surface area contributed by atoms with Crippen molar-refractivity contribution < 1.29 is 4.79 Å². The second kappa shape index (κ2) is 8.06. The molecule has 0 atom stereocenters. The van der Waals surface area contributed by atoms with E-state index in [1.165, 1.54) is 0 Å². The summed E-state index contributed by atoms with van der Waals surface area (Å²) in [6.45, 7) is 6.68. The Morgan fingerprint density at radius 1 is 1.22 bits per heavy atom. The molecule has 0 aliphatic rings. The van der Waals surface area contributed by atoms with Crippen molar-refractivity contribution >= 4 is 33.3 Å². The van der Waals surface area contributed by atoms with Gasteiger partial charge in [0.25, 0.3) is 5.91 Å². The molecule has 1 aromatic carbocycles. The average molecular weight is 377 g/mol. The zero-order valence-corrected chi connectivity index (χ0v) is 15.1. The van der Waals surface area contributed by atoms with Crippen LogP contribution in [0.4, 0.5) is 11.5 Å². The van der Waals surface area contributed by atoms with Crippen LogP contribution in [-0.4, -0.2) is 22.4 Å². The van der Waals surface area contributed by atoms with E-state index in [1.54, 1.807) is 13.0 Å². The molecule has 2 rings (SSSR count). The van der Waals surface area contributed by atoms with Crippen molar-refractivity contribution in [1.82, 2.24) is 15.3 Å². The number of nitrogens with zero attached hydrogens (tertiary/aromatic N) is 2. The molecular weight excluding hydrogens is 356 g/mol. The van der Waals surface area contributed by atoms with Crippen molar-refractivity contribution in [3.63, 3.8) is 0 Å². The lowest BCUT2D eigenvalue weighted by molar-refractivity contribution is 0.0946. The number of halogens is 1. The van der Waals surface area contributed by atoms with Crippen molar-refractivity contribution in [3.8, 4) is 0 Å². The quantitative estimate of drug-likeness (QED) is 0.797. The van der Waals surface area contributed by atoms with E-state index in [4.69, 9.17) is 0 Å². The van der Waals surface area contributed by atoms with Gasteiger partial charge in [0, 0.05) is 22.8 Å². The van der Waals surface area contributed by atoms with Gasteiger partial charge in [0.1, 0.15) is 17.3 Å². The lowest BCUT2D eigenvalue weighted by Gasteiger charge is -2.10. The first-order valence-electron chi connectivity index (χ1n) is 7.60. The van der Waals surface area contributed by atoms with Crippen molar-refractivity contribution in [2.45, 2.75) is 27.2 Å². The third-order valence-corrected chi connectivity index (χ3v) is 3.72. The summed E-state index contributed by atoms with van der Waals surface area (Å²) in [5, 5.41) is 6.08. The highest BCUT2D eigenvalue weighted by molar-refractivity contribution is 9.10. The minimum atomic E-state index is -0.171. The van der Waals surface area contributed by atoms with Crippen LogP contribution >= 0.6 is 15.9 Å². The monoisotopic (exact) mass is 376 g/mol. The molecule has 1 amide bonds. The summed E-state index contributed by atoms with van der Waals surface area (Å²) in [6, 6.07) is 9.42. The second-order valence-electron chi connectivity index (χ2n) is 5.76. The van der Waals surface area contributed by atoms with Gasteiger partial charge in [-0.25, -0.2) is 9.97 Å². The molecule has 0 saturated heterocycles. The van der Waals surface area contributed by atoms with E-state index in [9.17, 15) is 4.79 Å². The fraction of sp³-hybridized carbons (Fsp3) is 0.353. The minimum Gasteiger partial charge on any atom is -0.351 e. The van der Waals surface area contributed by atoms with Gasteiger partial charge in [0.2, 0.25) is 0 Å². The molecule has 0 radical (unpaired) electrons. The molecule has 0 unspecified atom stereocenters. The van der Waals surface area contributed by atoms with Crippen LogP contribution in [0.3, 0.4) is 0 Å². The summed E-state index contributed by atoms with van der Waals surface area (Å²) in [5.41, 5.74) is 1.28. The van der Waals surface area contributed by atoms with Gasteiger partial charge in [-0.3, -0.25) is 4.79 Å². The largest absolute Gasteiger partial charge is 0.351 e. The van der Waals surface area contributed by atoms with Crippen LogP contribution in [0.1, 0.15) is 36.6 Å². The van der Waals surface area contributed by atoms with Gasteiger partial charge < -0.3 is 10.6 Å². The Kier molecular flexibility index (Phi) is 6.10. The van der Waals surface area contributed by atoms with E-state index in [0.717, 1.165) is 16.6 Å². The highest BCUT2D eigenvalue weighted by atomic mass is 79.9. The maximum absolute atomic E-state index is 12.2. The third-order valence-electron chi connectivity index (χ3n) is 3.19. The minimum absolute atomic E-state index is 0.171. The van der Waals surface area contributed by atoms with Crippen molar-refractivity contribution in [2.24, 2.45) is 5.92 Å². The van der Waals surface area contributed by atoms with Crippen LogP contribution in [0, 0.1) is 12.8 Å². The Hall–Kier alpha value is -1.95. The number of nitrogens with one attached hydrogen (secondary N) is 2. The lowest BCUT2D eigenvalue weighted by Crippen LogP contribution is -2.26. The van der Waals surface area contributed by atoms with Gasteiger partial charge in [-0.2, -0.15) is 0 Å². The lowest BCUT2D eigenvalue weighted by atomic mass is 10.1. The highest BCUT2D eigenvalue weighted by Gasteiger charge is 2.10. The molecular formula is C17H21BrN4O. The first-order valence-corrected chi connectivity index (χ1v) is 8.40. The van der Waals surface area contributed by atoms with Crippen molar-refractivity contribution in [1.29, 1.82) is 0 Å². The van der Waals surface area contributed by atoms with Crippen LogP contribution in [0.2, 0.25) is 0 Å². The smallest absolute Gasteiger partial charge is 0.270 e. The molecule has 2 aromatic rings. The van der Waals surface area contributed by atoms with Gasteiger partial charge in [0.15, 0.2) is 0 Å². The second-order valence-corrected chi connectivity index (χ2v) is 6.67. The normalized spacial score (nSPS) is 10.7. The fourth-order valence-corrected chi connectivity index (χ4v) is 2.26. The predicted octanol–water partition coefficient (Wildman–Crippen LogP) is 4.07. The average Bonchev–Trinajstić information content (AvgIpc) is 2.48. The summed E-state index contributed by atoms with van der Waals surface area (Å²) < 4.78 is 1.01. The molecule has 0 saturated carbocycles. The number of carbonyl (C=O) groups is 1. The molecule has 2 N–H and O–H groups in total. The molecule has 0 spiro atoms. The van der Waals surface area contributed by atoms with E-state index < -0.39 is 0 Å². The van der Waals surface area contributed by atoms with Crippen LogP contribution < -0.4 is 10.6 Å². The van der Waals surface area contributed by atoms with Crippen LogP contribution in [0.15, 0.2) is 34.8 Å². The van der Waals surface area contributed by atoms with Crippen molar-refractivity contribution in [3.05, 3.63) is 46.3 Å². The molecule has 6 heteroatoms. The molecule has 0 bridgehead atoms. The Balaban J connectivity index is 2.08. The molecule has 0 aliphatic heterocycles. The molecule has 1 aromatic heterocycles. The molecule has 122 valence electrons. The topological polar surface area (TPSA) is 66.9 Å². The van der Waals surface area contributed by atoms with Crippen LogP contribution in [0.5, 0.6) is 0 Å². The van der Waals surface area contributed by atoms with E-state index in [2.05, 4.69) is 50.4 Å². The number of rotatable bonds is 6. The van der Waals surface area contributed by atoms with E-state index in [0.29, 0.717) is 29.8 Å². The first-order chi connectivity index (χ1) is 10.9. The summed E-state index contributed by atoms with van der Waals surface area (Å²) in [5.74, 6) is 1.54. The Morgan fingerprint density at radius 2 is 1.91 bits per heavy atom. The van der Waals surface area contributed by atoms with Gasteiger partial charge >= 0.3 is 0 Å². The Labute approximate surface area is 145 Å². The number of aryl methyl sites for hydroxylation is 1. The van der Waals surface area contributed by atoms with Gasteiger partial charge in [-0.05, 0) is 43.5 Å². The predicted molar refractivity (Wildman–Crippen MR) is 96.0 cm³/mol. The van der Waals surface area contributed by atoms with Crippen LogP contribution in [-0.2, 0) is 0 Å². The van der Waals surface area contributed by atoms with Crippen molar-refractivity contribution in [2.75, 3.05) is 11.9 Å².